The molecule has 0 amide bonds. The molecule has 0 aromatic rings. The van der Waals surface area contributed by atoms with Crippen LogP contribution in [0.2, 0.25) is 0 Å². The van der Waals surface area contributed by atoms with Gasteiger partial charge in [-0.15, -0.1) is 0 Å². The number of aliphatic hydroxyl groups excluding tert-OH is 1. The lowest BCUT2D eigenvalue weighted by atomic mass is 10.1. The van der Waals surface area contributed by atoms with Gasteiger partial charge < -0.3 is 10.0 Å². The van der Waals surface area contributed by atoms with E-state index in [1.165, 1.54) is 0 Å². The fourth-order valence-electron chi connectivity index (χ4n) is 1.43. The molecule has 5 nitrogen and oxygen atoms in total. The van der Waals surface area contributed by atoms with Gasteiger partial charge >= 0.3 is 0 Å². The molecule has 15 heavy (non-hydrogen) atoms. The summed E-state index contributed by atoms with van der Waals surface area (Å²) in [5, 5.41) is 9.55. The number of allylic oxidation sites excluding steroid dienone is 1. The maximum atomic E-state index is 10.7. The Morgan fingerprint density at radius 3 is 2.60 bits per heavy atom. The Hall–Kier alpha value is -0.850. The second-order valence-corrected chi connectivity index (χ2v) is 4.93. The third-order valence-corrected chi connectivity index (χ3v) is 2.95. The summed E-state index contributed by atoms with van der Waals surface area (Å²) in [4.78, 5) is 1.59. The van der Waals surface area contributed by atoms with Crippen LogP contribution in [0, 0.1) is 0 Å². The second kappa shape index (κ2) is 4.34. The fraction of sp³-hybridized carbons (Fsp3) is 0.556. The minimum absolute atomic E-state index is 0.418. The van der Waals surface area contributed by atoms with E-state index < -0.39 is 22.1 Å². The summed E-state index contributed by atoms with van der Waals surface area (Å²) in [5.74, 6) is -0.418. The van der Waals surface area contributed by atoms with Crippen molar-refractivity contribution in [2.24, 2.45) is 0 Å². The number of aliphatic hydroxyl groups is 1. The van der Waals surface area contributed by atoms with Crippen molar-refractivity contribution in [1.82, 2.24) is 4.90 Å². The highest BCUT2D eigenvalue weighted by Crippen LogP contribution is 2.20. The molecule has 0 aromatic carbocycles. The van der Waals surface area contributed by atoms with Crippen molar-refractivity contribution in [2.45, 2.75) is 20.1 Å². The van der Waals surface area contributed by atoms with Crippen molar-refractivity contribution >= 4 is 10.1 Å². The topological polar surface area (TPSA) is 77.8 Å². The van der Waals surface area contributed by atoms with E-state index >= 15 is 0 Å². The van der Waals surface area contributed by atoms with Crippen molar-refractivity contribution in [2.75, 3.05) is 12.3 Å². The average Bonchev–Trinajstić information content (AvgIpc) is 2.07. The van der Waals surface area contributed by atoms with Gasteiger partial charge in [-0.3, -0.25) is 4.55 Å². The minimum atomic E-state index is -4.02. The number of hydrogen-bond acceptors (Lipinski definition) is 4. The van der Waals surface area contributed by atoms with Crippen LogP contribution in [0.4, 0.5) is 0 Å². The summed E-state index contributed by atoms with van der Waals surface area (Å²) in [6.45, 7) is 4.12. The lowest BCUT2D eigenvalue weighted by Gasteiger charge is -2.28. The maximum absolute atomic E-state index is 10.7. The Kier molecular flexibility index (Phi) is 3.54. The van der Waals surface area contributed by atoms with Gasteiger partial charge in [0, 0.05) is 12.7 Å². The Morgan fingerprint density at radius 2 is 2.13 bits per heavy atom. The summed E-state index contributed by atoms with van der Waals surface area (Å²) in [7, 11) is -4.02. The third kappa shape index (κ3) is 3.33. The molecular formula is C9H15NO4S. The first kappa shape index (κ1) is 12.2. The van der Waals surface area contributed by atoms with Crippen LogP contribution >= 0.6 is 0 Å². The first-order valence-corrected chi connectivity index (χ1v) is 6.23. The molecule has 2 N–H and O–H groups in total. The molecule has 0 radical (unpaired) electrons. The molecule has 1 rings (SSSR count). The van der Waals surface area contributed by atoms with Crippen LogP contribution in [0.3, 0.4) is 0 Å². The molecule has 6 heteroatoms. The molecular weight excluding hydrogens is 218 g/mol. The quantitative estimate of drug-likeness (QED) is 0.688. The maximum Gasteiger partial charge on any atom is 0.269 e. The molecule has 0 fully saturated rings. The zero-order valence-corrected chi connectivity index (χ0v) is 9.53. The van der Waals surface area contributed by atoms with E-state index in [1.54, 1.807) is 24.1 Å². The molecule has 1 aliphatic heterocycles. The van der Waals surface area contributed by atoms with Crippen molar-refractivity contribution < 1.29 is 18.1 Å². The van der Waals surface area contributed by atoms with Crippen LogP contribution < -0.4 is 0 Å². The fourth-order valence-corrected chi connectivity index (χ4v) is 2.13. The monoisotopic (exact) mass is 233 g/mol. The van der Waals surface area contributed by atoms with Gasteiger partial charge in [-0.25, -0.2) is 0 Å². The molecule has 0 bridgehead atoms. The van der Waals surface area contributed by atoms with Crippen molar-refractivity contribution in [1.29, 1.82) is 0 Å². The molecule has 0 saturated carbocycles. The normalized spacial score (nSPS) is 22.4. The zero-order valence-electron chi connectivity index (χ0n) is 8.71. The van der Waals surface area contributed by atoms with E-state index in [1.807, 2.05) is 6.92 Å². The predicted octanol–water partition coefficient (Wildman–Crippen LogP) is 0.358. The minimum Gasteiger partial charge on any atom is -0.370 e. The molecule has 0 saturated heterocycles. The third-order valence-electron chi connectivity index (χ3n) is 2.27. The summed E-state index contributed by atoms with van der Waals surface area (Å²) >= 11 is 0. The van der Waals surface area contributed by atoms with Gasteiger partial charge in [-0.05, 0) is 31.1 Å². The summed E-state index contributed by atoms with van der Waals surface area (Å²) in [6, 6.07) is 0. The number of nitrogens with zero attached hydrogens (tertiary/aromatic N) is 1. The van der Waals surface area contributed by atoms with Gasteiger partial charge in [0.05, 0.1) is 0 Å². The molecule has 1 unspecified atom stereocenters. The first-order valence-electron chi connectivity index (χ1n) is 4.62. The van der Waals surface area contributed by atoms with Gasteiger partial charge in [0.15, 0.2) is 0 Å². The van der Waals surface area contributed by atoms with Crippen LogP contribution in [0.25, 0.3) is 0 Å². The largest absolute Gasteiger partial charge is 0.370 e. The lowest BCUT2D eigenvalue weighted by molar-refractivity contribution is 0.0798. The van der Waals surface area contributed by atoms with Crippen LogP contribution in [-0.2, 0) is 10.1 Å². The van der Waals surface area contributed by atoms with E-state index in [9.17, 15) is 13.5 Å². The molecule has 1 aliphatic rings. The molecule has 0 aliphatic carbocycles. The van der Waals surface area contributed by atoms with Crippen molar-refractivity contribution in [3.05, 3.63) is 23.4 Å². The number of likely N-dealkylation sites (N-methyl/N-ethyl adjacent to an activating group) is 1. The zero-order chi connectivity index (χ0) is 11.6. The number of hydrogen-bond donors (Lipinski definition) is 2. The van der Waals surface area contributed by atoms with E-state index in [4.69, 9.17) is 4.55 Å². The molecule has 1 atom stereocenters. The Balaban J connectivity index is 2.93. The van der Waals surface area contributed by atoms with E-state index in [-0.39, 0.29) is 0 Å². The highest BCUT2D eigenvalue weighted by molar-refractivity contribution is 7.86. The molecule has 0 aromatic heterocycles. The van der Waals surface area contributed by atoms with Crippen molar-refractivity contribution in [3.8, 4) is 0 Å². The van der Waals surface area contributed by atoms with E-state index in [2.05, 4.69) is 0 Å². The summed E-state index contributed by atoms with van der Waals surface area (Å²) < 4.78 is 30.2. The van der Waals surface area contributed by atoms with Crippen molar-refractivity contribution in [3.63, 3.8) is 0 Å². The second-order valence-electron chi connectivity index (χ2n) is 3.47. The molecule has 0 spiro atoms. The smallest absolute Gasteiger partial charge is 0.269 e. The average molecular weight is 233 g/mol. The van der Waals surface area contributed by atoms with Crippen LogP contribution in [0.5, 0.6) is 0 Å². The Labute approximate surface area is 89.5 Å². The van der Waals surface area contributed by atoms with Gasteiger partial charge in [0.1, 0.15) is 12.0 Å². The number of rotatable bonds is 3. The van der Waals surface area contributed by atoms with Gasteiger partial charge in [0.25, 0.3) is 10.1 Å². The summed E-state index contributed by atoms with van der Waals surface area (Å²) in [6.07, 6.45) is 2.40. The van der Waals surface area contributed by atoms with Crippen LogP contribution in [0.15, 0.2) is 23.4 Å². The van der Waals surface area contributed by atoms with Crippen LogP contribution in [0.1, 0.15) is 13.8 Å². The molecule has 1 heterocycles. The van der Waals surface area contributed by atoms with E-state index in [0.717, 1.165) is 0 Å². The lowest BCUT2D eigenvalue weighted by Crippen LogP contribution is -2.32. The van der Waals surface area contributed by atoms with Gasteiger partial charge in [-0.2, -0.15) is 8.42 Å². The van der Waals surface area contributed by atoms with Crippen LogP contribution in [-0.4, -0.2) is 41.5 Å². The highest BCUT2D eigenvalue weighted by atomic mass is 32.2. The summed E-state index contributed by atoms with van der Waals surface area (Å²) in [5.41, 5.74) is 1.18. The van der Waals surface area contributed by atoms with E-state index in [0.29, 0.717) is 17.7 Å². The SMILES string of the molecule is CCN1C=C(CS(=O)(=O)O)C(C)=CC1O. The Morgan fingerprint density at radius 1 is 1.53 bits per heavy atom. The van der Waals surface area contributed by atoms with Gasteiger partial charge in [-0.1, -0.05) is 0 Å². The highest BCUT2D eigenvalue weighted by Gasteiger charge is 2.19. The van der Waals surface area contributed by atoms with Gasteiger partial charge in [0.2, 0.25) is 0 Å². The standard InChI is InChI=1S/C9H15NO4S/c1-3-10-5-8(6-15(12,13)14)7(2)4-9(10)11/h4-5,9,11H,3,6H2,1-2H3,(H,12,13,14). The Bertz CT molecular complexity index is 396. The predicted molar refractivity (Wildman–Crippen MR) is 56.6 cm³/mol. The first-order chi connectivity index (χ1) is 6.83. The molecule has 86 valence electrons.